The molecule has 0 saturated carbocycles. The highest BCUT2D eigenvalue weighted by molar-refractivity contribution is 6.13. The van der Waals surface area contributed by atoms with E-state index in [1.54, 1.807) is 13.8 Å². The van der Waals surface area contributed by atoms with Gasteiger partial charge in [0.05, 0.1) is 0 Å². The molecule has 0 saturated heterocycles. The number of imide groups is 2. The number of carboxylic acids is 1. The number of hydrogen-bond donors (Lipinski definition) is 3. The number of likely N-dealkylation sites (N-methyl/N-ethyl adjacent to an activating group) is 1. The second kappa shape index (κ2) is 21.0. The molecule has 37 heavy (non-hydrogen) atoms. The van der Waals surface area contributed by atoms with E-state index in [1.807, 2.05) is 0 Å². The van der Waals surface area contributed by atoms with E-state index in [9.17, 15) is 33.6 Å². The molecule has 0 fully saturated rings. The Morgan fingerprint density at radius 2 is 1.19 bits per heavy atom. The summed E-state index contributed by atoms with van der Waals surface area (Å²) in [5.41, 5.74) is 0. The van der Waals surface area contributed by atoms with Gasteiger partial charge >= 0.3 is 5.97 Å². The number of nitrogens with zero attached hydrogens (tertiary/aromatic N) is 2. The Labute approximate surface area is 217 Å². The molecule has 0 aromatic heterocycles. The largest absolute Gasteiger partial charge is 0.481 e. The molecular formula is C25H36N4O8. The van der Waals surface area contributed by atoms with E-state index >= 15 is 0 Å². The second-order valence-electron chi connectivity index (χ2n) is 7.34. The van der Waals surface area contributed by atoms with E-state index in [2.05, 4.69) is 23.5 Å². The summed E-state index contributed by atoms with van der Waals surface area (Å²) < 4.78 is 0. The Hall–Kier alpha value is -4.27. The summed E-state index contributed by atoms with van der Waals surface area (Å²) in [5.74, 6) is -1.85. The standard InChI is InChI=1S/C15H23N3O4.C5H5NO2.C3H6O2.C2H2/c1-2-12(19)16-9-10-17-13(20)6-4-3-5-11-18-14(21)7-8-15(18)22;1-6-4(7)2-3-5(6)8;1-2-3(4)5;1-2/h7-8H,2-6,9-11H2,1H3,(H,16,19)(H,17,20);2-3H,1H3;2H2,1H3,(H,4,5);1-2H. The third kappa shape index (κ3) is 16.9. The van der Waals surface area contributed by atoms with E-state index < -0.39 is 5.97 Å². The normalized spacial score (nSPS) is 13.1. The first kappa shape index (κ1) is 34.9. The minimum absolute atomic E-state index is 0.0326. The van der Waals surface area contributed by atoms with Crippen molar-refractivity contribution in [1.29, 1.82) is 0 Å². The van der Waals surface area contributed by atoms with Crippen LogP contribution in [-0.4, -0.2) is 83.0 Å². The Balaban J connectivity index is 0. The van der Waals surface area contributed by atoms with Crippen molar-refractivity contribution in [3.63, 3.8) is 0 Å². The lowest BCUT2D eigenvalue weighted by atomic mass is 10.2. The van der Waals surface area contributed by atoms with E-state index in [1.165, 1.54) is 36.3 Å². The Bertz CT molecular complexity index is 856. The van der Waals surface area contributed by atoms with Gasteiger partial charge in [0, 0.05) is 70.2 Å². The molecule has 0 bridgehead atoms. The molecular weight excluding hydrogens is 484 g/mol. The molecule has 0 aromatic rings. The molecule has 0 aromatic carbocycles. The van der Waals surface area contributed by atoms with E-state index in [4.69, 9.17) is 5.11 Å². The number of amides is 6. The molecule has 2 aliphatic rings. The van der Waals surface area contributed by atoms with Crippen LogP contribution in [-0.2, 0) is 33.6 Å². The fourth-order valence-corrected chi connectivity index (χ4v) is 2.48. The van der Waals surface area contributed by atoms with Crippen LogP contribution in [0, 0.1) is 12.8 Å². The van der Waals surface area contributed by atoms with Gasteiger partial charge in [-0.3, -0.25) is 43.4 Å². The van der Waals surface area contributed by atoms with Crippen molar-refractivity contribution in [3.8, 4) is 12.8 Å². The quantitative estimate of drug-likeness (QED) is 0.199. The van der Waals surface area contributed by atoms with Gasteiger partial charge in [0.2, 0.25) is 11.8 Å². The molecule has 2 aliphatic heterocycles. The number of terminal acetylenes is 1. The molecule has 204 valence electrons. The minimum Gasteiger partial charge on any atom is -0.481 e. The molecule has 0 unspecified atom stereocenters. The number of carboxylic acid groups (broad SMARTS) is 1. The monoisotopic (exact) mass is 520 g/mol. The molecule has 0 radical (unpaired) electrons. The fourth-order valence-electron chi connectivity index (χ4n) is 2.48. The highest BCUT2D eigenvalue weighted by Gasteiger charge is 2.22. The topological polar surface area (TPSA) is 170 Å². The predicted octanol–water partition coefficient (Wildman–Crippen LogP) is 0.386. The van der Waals surface area contributed by atoms with E-state index in [0.29, 0.717) is 45.3 Å². The van der Waals surface area contributed by atoms with Crippen molar-refractivity contribution in [3.05, 3.63) is 24.3 Å². The lowest BCUT2D eigenvalue weighted by Gasteiger charge is -2.13. The Morgan fingerprint density at radius 3 is 1.57 bits per heavy atom. The van der Waals surface area contributed by atoms with Gasteiger partial charge in [-0.05, 0) is 12.8 Å². The maximum atomic E-state index is 11.5. The smallest absolute Gasteiger partial charge is 0.303 e. The van der Waals surface area contributed by atoms with Crippen LogP contribution >= 0.6 is 0 Å². The molecule has 12 heteroatoms. The summed E-state index contributed by atoms with van der Waals surface area (Å²) in [4.78, 5) is 77.5. The van der Waals surface area contributed by atoms with Crippen LogP contribution in [0.3, 0.4) is 0 Å². The summed E-state index contributed by atoms with van der Waals surface area (Å²) in [6.07, 6.45) is 16.3. The third-order valence-electron chi connectivity index (χ3n) is 4.61. The predicted molar refractivity (Wildman–Crippen MR) is 135 cm³/mol. The van der Waals surface area contributed by atoms with Gasteiger partial charge in [0.25, 0.3) is 23.6 Å². The molecule has 12 nitrogen and oxygen atoms in total. The Morgan fingerprint density at radius 1 is 0.757 bits per heavy atom. The van der Waals surface area contributed by atoms with Crippen LogP contribution < -0.4 is 10.6 Å². The first-order valence-corrected chi connectivity index (χ1v) is 11.6. The molecule has 0 spiro atoms. The summed E-state index contributed by atoms with van der Waals surface area (Å²) in [6.45, 7) is 4.63. The first-order chi connectivity index (χ1) is 17.5. The number of nitrogens with one attached hydrogen (secondary N) is 2. The zero-order valence-corrected chi connectivity index (χ0v) is 21.5. The van der Waals surface area contributed by atoms with Gasteiger partial charge in [-0.25, -0.2) is 0 Å². The average molecular weight is 521 g/mol. The maximum absolute atomic E-state index is 11.5. The maximum Gasteiger partial charge on any atom is 0.303 e. The van der Waals surface area contributed by atoms with E-state index in [0.717, 1.165) is 11.3 Å². The number of hydrogen-bond acceptors (Lipinski definition) is 7. The van der Waals surface area contributed by atoms with Crippen molar-refractivity contribution in [2.24, 2.45) is 0 Å². The highest BCUT2D eigenvalue weighted by atomic mass is 16.4. The molecule has 2 rings (SSSR count). The van der Waals surface area contributed by atoms with Gasteiger partial charge in [0.15, 0.2) is 0 Å². The summed E-state index contributed by atoms with van der Waals surface area (Å²) in [7, 11) is 1.45. The van der Waals surface area contributed by atoms with Crippen LogP contribution in [0.4, 0.5) is 0 Å². The van der Waals surface area contributed by atoms with Gasteiger partial charge in [-0.1, -0.05) is 20.3 Å². The number of unbranched alkanes of at least 4 members (excludes halogenated alkanes) is 2. The summed E-state index contributed by atoms with van der Waals surface area (Å²) >= 11 is 0. The highest BCUT2D eigenvalue weighted by Crippen LogP contribution is 2.07. The van der Waals surface area contributed by atoms with Gasteiger partial charge in [-0.2, -0.15) is 0 Å². The lowest BCUT2D eigenvalue weighted by molar-refractivity contribution is -0.138. The molecule has 0 aliphatic carbocycles. The number of carbonyl (C=O) groups excluding carboxylic acids is 6. The zero-order chi connectivity index (χ0) is 28.8. The zero-order valence-electron chi connectivity index (χ0n) is 21.5. The third-order valence-corrected chi connectivity index (χ3v) is 4.61. The van der Waals surface area contributed by atoms with Crippen molar-refractivity contribution in [2.75, 3.05) is 26.7 Å². The van der Waals surface area contributed by atoms with Crippen molar-refractivity contribution in [1.82, 2.24) is 20.4 Å². The molecule has 2 heterocycles. The van der Waals surface area contributed by atoms with Crippen molar-refractivity contribution >= 4 is 41.4 Å². The van der Waals surface area contributed by atoms with Crippen LogP contribution in [0.15, 0.2) is 24.3 Å². The molecule has 3 N–H and O–H groups in total. The number of carbonyl (C=O) groups is 7. The number of aliphatic carboxylic acids is 1. The molecule has 6 amide bonds. The van der Waals surface area contributed by atoms with E-state index in [-0.39, 0.29) is 41.9 Å². The lowest BCUT2D eigenvalue weighted by Crippen LogP contribution is -2.34. The molecule has 0 atom stereocenters. The fraction of sp³-hybridized carbons (Fsp3) is 0.480. The minimum atomic E-state index is -0.745. The van der Waals surface area contributed by atoms with Crippen molar-refractivity contribution in [2.45, 2.75) is 52.4 Å². The SMILES string of the molecule is C#C.CCC(=O)NCCNC(=O)CCCCCN1C(=O)C=CC1=O.CCC(=O)O.CN1C(=O)C=CC1=O. The first-order valence-electron chi connectivity index (χ1n) is 11.6. The summed E-state index contributed by atoms with van der Waals surface area (Å²) in [5, 5.41) is 13.1. The Kier molecular flexibility index (Phi) is 19.9. The van der Waals surface area contributed by atoms with Gasteiger partial charge < -0.3 is 15.7 Å². The second-order valence-corrected chi connectivity index (χ2v) is 7.34. The summed E-state index contributed by atoms with van der Waals surface area (Å²) in [6, 6.07) is 0. The van der Waals surface area contributed by atoms with Crippen LogP contribution in [0.5, 0.6) is 0 Å². The van der Waals surface area contributed by atoms with Crippen LogP contribution in [0.2, 0.25) is 0 Å². The van der Waals surface area contributed by atoms with Crippen LogP contribution in [0.25, 0.3) is 0 Å². The number of rotatable bonds is 11. The van der Waals surface area contributed by atoms with Crippen molar-refractivity contribution < 1.29 is 38.7 Å². The average Bonchev–Trinajstić information content (AvgIpc) is 3.37. The van der Waals surface area contributed by atoms with Crippen LogP contribution in [0.1, 0.15) is 52.4 Å². The van der Waals surface area contributed by atoms with Gasteiger partial charge in [-0.15, -0.1) is 12.8 Å². The van der Waals surface area contributed by atoms with Gasteiger partial charge in [0.1, 0.15) is 0 Å².